The lowest BCUT2D eigenvalue weighted by atomic mass is 10.2. The molecular formula is C14H19NO3S. The van der Waals surface area contributed by atoms with Crippen LogP contribution in [0.3, 0.4) is 0 Å². The third-order valence-corrected chi connectivity index (χ3v) is 3.37. The molecule has 0 unspecified atom stereocenters. The first-order chi connectivity index (χ1) is 9.24. The van der Waals surface area contributed by atoms with E-state index in [0.717, 1.165) is 6.42 Å². The Morgan fingerprint density at radius 2 is 2.16 bits per heavy atom. The van der Waals surface area contributed by atoms with Crippen LogP contribution in [0.5, 0.6) is 0 Å². The molecule has 2 N–H and O–H groups in total. The minimum absolute atomic E-state index is 0.0207. The van der Waals surface area contributed by atoms with Crippen molar-refractivity contribution in [3.05, 3.63) is 21.9 Å². The van der Waals surface area contributed by atoms with Crippen LogP contribution in [-0.2, 0) is 0 Å². The van der Waals surface area contributed by atoms with Gasteiger partial charge in [-0.05, 0) is 17.9 Å². The largest absolute Gasteiger partial charge is 0.395 e. The number of carbonyl (C=O) groups is 1. The Labute approximate surface area is 117 Å². The predicted octanol–water partition coefficient (Wildman–Crippen LogP) is 1.33. The molecule has 0 atom stereocenters. The maximum Gasteiger partial charge on any atom is 0.265 e. The number of aliphatic hydroxyl groups is 2. The van der Waals surface area contributed by atoms with Crippen LogP contribution in [-0.4, -0.2) is 47.3 Å². The van der Waals surface area contributed by atoms with Gasteiger partial charge in [-0.25, -0.2) is 0 Å². The summed E-state index contributed by atoms with van der Waals surface area (Å²) < 4.78 is 0. The van der Waals surface area contributed by atoms with Crippen LogP contribution in [0.15, 0.2) is 11.4 Å². The molecule has 0 aliphatic carbocycles. The first-order valence-electron chi connectivity index (χ1n) is 6.32. The maximum atomic E-state index is 12.3. The van der Waals surface area contributed by atoms with Gasteiger partial charge in [0.05, 0.1) is 13.2 Å². The molecule has 0 bridgehead atoms. The highest BCUT2D eigenvalue weighted by Crippen LogP contribution is 2.18. The van der Waals surface area contributed by atoms with Crippen LogP contribution in [0.25, 0.3) is 0 Å². The molecule has 5 heteroatoms. The lowest BCUT2D eigenvalue weighted by Crippen LogP contribution is -2.34. The molecule has 1 heterocycles. The van der Waals surface area contributed by atoms with Crippen molar-refractivity contribution in [2.75, 3.05) is 26.3 Å². The van der Waals surface area contributed by atoms with Gasteiger partial charge in [0, 0.05) is 25.1 Å². The fourth-order valence-corrected chi connectivity index (χ4v) is 2.45. The van der Waals surface area contributed by atoms with Gasteiger partial charge >= 0.3 is 0 Å². The highest BCUT2D eigenvalue weighted by molar-refractivity contribution is 7.12. The molecular weight excluding hydrogens is 262 g/mol. The number of rotatable bonds is 6. The Hall–Kier alpha value is -1.35. The Balaban J connectivity index is 2.87. The maximum absolute atomic E-state index is 12.3. The van der Waals surface area contributed by atoms with E-state index < -0.39 is 0 Å². The highest BCUT2D eigenvalue weighted by Gasteiger charge is 2.18. The first kappa shape index (κ1) is 15.7. The summed E-state index contributed by atoms with van der Waals surface area (Å²) in [5, 5.41) is 19.5. The molecule has 4 nitrogen and oxygen atoms in total. The first-order valence-corrected chi connectivity index (χ1v) is 7.19. The average molecular weight is 281 g/mol. The fraction of sp³-hybridized carbons (Fsp3) is 0.500. The summed E-state index contributed by atoms with van der Waals surface area (Å²) in [5.41, 5.74) is 0.697. The second-order valence-electron chi connectivity index (χ2n) is 3.95. The second kappa shape index (κ2) is 8.70. The smallest absolute Gasteiger partial charge is 0.265 e. The van der Waals surface area contributed by atoms with Crippen LogP contribution < -0.4 is 0 Å². The molecule has 0 radical (unpaired) electrons. The van der Waals surface area contributed by atoms with Crippen LogP contribution in [0.1, 0.15) is 35.0 Å². The molecule has 0 aliphatic heterocycles. The molecule has 1 rings (SSSR count). The van der Waals surface area contributed by atoms with Gasteiger partial charge in [-0.3, -0.25) is 4.79 Å². The van der Waals surface area contributed by atoms with E-state index in [-0.39, 0.29) is 19.1 Å². The third-order valence-electron chi connectivity index (χ3n) is 2.47. The van der Waals surface area contributed by atoms with Gasteiger partial charge < -0.3 is 15.1 Å². The van der Waals surface area contributed by atoms with Gasteiger partial charge in [0.15, 0.2) is 0 Å². The van der Waals surface area contributed by atoms with E-state index in [2.05, 4.69) is 11.8 Å². The summed E-state index contributed by atoms with van der Waals surface area (Å²) in [6.45, 7) is 2.94. The Bertz CT molecular complexity index is 453. The van der Waals surface area contributed by atoms with Crippen molar-refractivity contribution in [1.82, 2.24) is 4.90 Å². The van der Waals surface area contributed by atoms with E-state index >= 15 is 0 Å². The average Bonchev–Trinajstić information content (AvgIpc) is 2.86. The fourth-order valence-electron chi connectivity index (χ4n) is 1.64. The van der Waals surface area contributed by atoms with E-state index in [0.29, 0.717) is 30.0 Å². The van der Waals surface area contributed by atoms with Gasteiger partial charge in [0.1, 0.15) is 4.88 Å². The van der Waals surface area contributed by atoms with Crippen molar-refractivity contribution in [3.63, 3.8) is 0 Å². The summed E-state index contributed by atoms with van der Waals surface area (Å²) in [7, 11) is 0. The number of hydrogen-bond donors (Lipinski definition) is 2. The Morgan fingerprint density at radius 1 is 1.37 bits per heavy atom. The number of hydrogen-bond acceptors (Lipinski definition) is 4. The number of amides is 1. The van der Waals surface area contributed by atoms with Crippen LogP contribution >= 0.6 is 11.3 Å². The van der Waals surface area contributed by atoms with Crippen molar-refractivity contribution in [2.24, 2.45) is 0 Å². The summed E-state index contributed by atoms with van der Waals surface area (Å²) in [6.07, 6.45) is 1.25. The van der Waals surface area contributed by atoms with Gasteiger partial charge in [-0.1, -0.05) is 18.8 Å². The molecule has 0 fully saturated rings. The molecule has 19 heavy (non-hydrogen) atoms. The van der Waals surface area contributed by atoms with Crippen molar-refractivity contribution in [2.45, 2.75) is 19.8 Å². The van der Waals surface area contributed by atoms with E-state index in [4.69, 9.17) is 10.2 Å². The molecule has 104 valence electrons. The van der Waals surface area contributed by atoms with Gasteiger partial charge in [0.2, 0.25) is 0 Å². The van der Waals surface area contributed by atoms with Gasteiger partial charge in [-0.15, -0.1) is 11.3 Å². The molecule has 0 spiro atoms. The van der Waals surface area contributed by atoms with Gasteiger partial charge in [0.25, 0.3) is 5.91 Å². The topological polar surface area (TPSA) is 60.8 Å². The summed E-state index contributed by atoms with van der Waals surface area (Å²) >= 11 is 1.36. The minimum Gasteiger partial charge on any atom is -0.395 e. The van der Waals surface area contributed by atoms with Crippen LogP contribution in [0.4, 0.5) is 0 Å². The SMILES string of the molecule is CCCN(CCO)C(=O)c1sccc1C#CCCO. The second-order valence-corrected chi connectivity index (χ2v) is 4.87. The summed E-state index contributed by atoms with van der Waals surface area (Å²) in [4.78, 5) is 14.6. The Morgan fingerprint density at radius 3 is 2.79 bits per heavy atom. The molecule has 0 aliphatic rings. The van der Waals surface area contributed by atoms with E-state index in [9.17, 15) is 4.79 Å². The quantitative estimate of drug-likeness (QED) is 0.773. The molecule has 1 amide bonds. The van der Waals surface area contributed by atoms with Crippen LogP contribution in [0, 0.1) is 11.8 Å². The van der Waals surface area contributed by atoms with Crippen molar-refractivity contribution in [3.8, 4) is 11.8 Å². The Kier molecular flexibility index (Phi) is 7.19. The zero-order valence-corrected chi connectivity index (χ0v) is 11.9. The normalized spacial score (nSPS) is 9.84. The van der Waals surface area contributed by atoms with Gasteiger partial charge in [-0.2, -0.15) is 0 Å². The number of nitrogens with zero attached hydrogens (tertiary/aromatic N) is 1. The molecule has 0 aromatic carbocycles. The van der Waals surface area contributed by atoms with E-state index in [1.165, 1.54) is 11.3 Å². The van der Waals surface area contributed by atoms with Crippen molar-refractivity contribution < 1.29 is 15.0 Å². The number of aliphatic hydroxyl groups excluding tert-OH is 2. The van der Waals surface area contributed by atoms with E-state index in [1.807, 2.05) is 18.4 Å². The highest BCUT2D eigenvalue weighted by atomic mass is 32.1. The predicted molar refractivity (Wildman–Crippen MR) is 76.2 cm³/mol. The summed E-state index contributed by atoms with van der Waals surface area (Å²) in [6, 6.07) is 1.81. The zero-order chi connectivity index (χ0) is 14.1. The summed E-state index contributed by atoms with van der Waals surface area (Å²) in [5.74, 6) is 5.64. The minimum atomic E-state index is -0.0841. The molecule has 1 aromatic heterocycles. The van der Waals surface area contributed by atoms with Crippen LogP contribution in [0.2, 0.25) is 0 Å². The molecule has 0 saturated carbocycles. The van der Waals surface area contributed by atoms with E-state index in [1.54, 1.807) is 4.90 Å². The number of carbonyl (C=O) groups excluding carboxylic acids is 1. The zero-order valence-electron chi connectivity index (χ0n) is 11.1. The molecule has 0 saturated heterocycles. The lowest BCUT2D eigenvalue weighted by Gasteiger charge is -2.20. The van der Waals surface area contributed by atoms with Crippen molar-refractivity contribution in [1.29, 1.82) is 0 Å². The number of thiophene rings is 1. The standard InChI is InChI=1S/C14H19NO3S/c1-2-7-15(8-10-17)14(18)13-12(6-11-19-13)5-3-4-9-16/h6,11,16-17H,2,4,7-10H2,1H3. The monoisotopic (exact) mass is 281 g/mol. The molecule has 1 aromatic rings. The third kappa shape index (κ3) is 4.67. The van der Waals surface area contributed by atoms with Crippen molar-refractivity contribution >= 4 is 17.2 Å². The lowest BCUT2D eigenvalue weighted by molar-refractivity contribution is 0.0726.